The van der Waals surface area contributed by atoms with Gasteiger partial charge in [-0.15, -0.1) is 0 Å². The molecule has 0 unspecified atom stereocenters. The monoisotopic (exact) mass is 455 g/mol. The lowest BCUT2D eigenvalue weighted by Gasteiger charge is -2.40. The van der Waals surface area contributed by atoms with Crippen LogP contribution in [-0.2, 0) is 9.47 Å². The number of amides is 2. The molecule has 2 heterocycles. The molecule has 3 rings (SSSR count). The summed E-state index contributed by atoms with van der Waals surface area (Å²) in [6.45, 7) is 9.31. The number of pyridine rings is 1. The van der Waals surface area contributed by atoms with Gasteiger partial charge >= 0.3 is 12.2 Å². The molecule has 0 aliphatic carbocycles. The molecule has 1 aromatic carbocycles. The lowest BCUT2D eigenvalue weighted by molar-refractivity contribution is 0.0555. The van der Waals surface area contributed by atoms with E-state index in [1.807, 2.05) is 65.0 Å². The summed E-state index contributed by atoms with van der Waals surface area (Å²) in [6, 6.07) is 12.4. The maximum Gasteiger partial charge on any atom is 0.415 e. The molecule has 1 aliphatic rings. The molecule has 1 aliphatic heterocycles. The average molecular weight is 456 g/mol. The van der Waals surface area contributed by atoms with E-state index < -0.39 is 29.9 Å². The highest BCUT2D eigenvalue weighted by Gasteiger charge is 2.39. The highest BCUT2D eigenvalue weighted by Crippen LogP contribution is 2.39. The third kappa shape index (κ3) is 5.94. The molecule has 2 aromatic rings. The first kappa shape index (κ1) is 24.4. The number of nitrogens with zero attached hydrogens (tertiary/aromatic N) is 2. The van der Waals surface area contributed by atoms with Crippen LogP contribution >= 0.6 is 0 Å². The van der Waals surface area contributed by atoms with E-state index in [4.69, 9.17) is 14.2 Å². The van der Waals surface area contributed by atoms with Crippen LogP contribution in [0.1, 0.15) is 70.9 Å². The van der Waals surface area contributed by atoms with Crippen molar-refractivity contribution in [3.05, 3.63) is 53.7 Å². The minimum Gasteiger partial charge on any atom is -0.481 e. The molecule has 0 saturated heterocycles. The van der Waals surface area contributed by atoms with Crippen LogP contribution < -0.4 is 15.0 Å². The molecule has 3 atom stereocenters. The largest absolute Gasteiger partial charge is 0.481 e. The third-order valence-electron chi connectivity index (χ3n) is 5.45. The van der Waals surface area contributed by atoms with Gasteiger partial charge in [0, 0.05) is 12.1 Å². The van der Waals surface area contributed by atoms with Gasteiger partial charge in [0.05, 0.1) is 24.5 Å². The number of fused-ring (bicyclic) bond motifs is 1. The number of ether oxygens (including phenoxy) is 3. The Hall–Kier alpha value is -3.29. The maximum absolute atomic E-state index is 13.1. The minimum absolute atomic E-state index is 0.181. The van der Waals surface area contributed by atoms with Crippen molar-refractivity contribution in [1.82, 2.24) is 10.3 Å². The minimum atomic E-state index is -0.637. The Balaban J connectivity index is 1.87. The van der Waals surface area contributed by atoms with Crippen molar-refractivity contribution in [2.45, 2.75) is 71.2 Å². The van der Waals surface area contributed by atoms with E-state index in [0.717, 1.165) is 5.56 Å². The highest BCUT2D eigenvalue weighted by atomic mass is 16.6. The molecule has 0 spiro atoms. The van der Waals surface area contributed by atoms with E-state index in [0.29, 0.717) is 30.1 Å². The Labute approximate surface area is 195 Å². The summed E-state index contributed by atoms with van der Waals surface area (Å²) in [5.41, 5.74) is 1.39. The Morgan fingerprint density at radius 2 is 1.88 bits per heavy atom. The fraction of sp³-hybridized carbons (Fsp3) is 0.480. The van der Waals surface area contributed by atoms with Crippen molar-refractivity contribution in [2.24, 2.45) is 0 Å². The van der Waals surface area contributed by atoms with Gasteiger partial charge in [-0.1, -0.05) is 37.3 Å². The molecule has 8 heteroatoms. The van der Waals surface area contributed by atoms with Gasteiger partial charge in [-0.05, 0) is 52.2 Å². The number of hydrogen-bond acceptors (Lipinski definition) is 6. The summed E-state index contributed by atoms with van der Waals surface area (Å²) >= 11 is 0. The van der Waals surface area contributed by atoms with Gasteiger partial charge in [-0.2, -0.15) is 0 Å². The second-order valence-electron chi connectivity index (χ2n) is 9.06. The number of rotatable bonds is 5. The van der Waals surface area contributed by atoms with Crippen LogP contribution in [0.25, 0.3) is 0 Å². The van der Waals surface area contributed by atoms with Gasteiger partial charge in [-0.3, -0.25) is 4.90 Å². The standard InChI is InChI=1S/C25H33N3O5/c1-7-18-15-19(26-23(29)32-16(2)17-11-9-8-10-12-17)22-20(13-14-21(27-22)31-6)28(18)24(30)33-25(3,4)5/h8-14,16,18-19H,7,15H2,1-6H3,(H,26,29)/t16-,18-,19+/m1/s1. The van der Waals surface area contributed by atoms with Gasteiger partial charge in [0.1, 0.15) is 11.7 Å². The van der Waals surface area contributed by atoms with E-state index in [1.165, 1.54) is 7.11 Å². The lowest BCUT2D eigenvalue weighted by Crippen LogP contribution is -2.49. The predicted molar refractivity (Wildman–Crippen MR) is 125 cm³/mol. The van der Waals surface area contributed by atoms with E-state index in [1.54, 1.807) is 17.0 Å². The number of methoxy groups -OCH3 is 1. The van der Waals surface area contributed by atoms with Crippen molar-refractivity contribution in [3.8, 4) is 5.88 Å². The first-order valence-electron chi connectivity index (χ1n) is 11.2. The summed E-state index contributed by atoms with van der Waals surface area (Å²) < 4.78 is 16.6. The summed E-state index contributed by atoms with van der Waals surface area (Å²) in [5.74, 6) is 0.394. The number of benzene rings is 1. The van der Waals surface area contributed by atoms with Crippen molar-refractivity contribution in [2.75, 3.05) is 12.0 Å². The number of carbonyl (C=O) groups excluding carboxylic acids is 2. The van der Waals surface area contributed by atoms with Crippen LogP contribution in [0.4, 0.5) is 15.3 Å². The summed E-state index contributed by atoms with van der Waals surface area (Å²) in [6.07, 6.45) is -0.252. The molecule has 0 bridgehead atoms. The molecule has 178 valence electrons. The van der Waals surface area contributed by atoms with Crippen molar-refractivity contribution in [3.63, 3.8) is 0 Å². The number of alkyl carbamates (subject to hydrolysis) is 1. The molecule has 0 saturated carbocycles. The zero-order valence-electron chi connectivity index (χ0n) is 20.1. The Bertz CT molecular complexity index is 974. The van der Waals surface area contributed by atoms with Crippen LogP contribution in [-0.4, -0.2) is 35.9 Å². The first-order chi connectivity index (χ1) is 15.6. The average Bonchev–Trinajstić information content (AvgIpc) is 2.77. The number of anilines is 1. The Morgan fingerprint density at radius 1 is 1.18 bits per heavy atom. The predicted octanol–water partition coefficient (Wildman–Crippen LogP) is 5.54. The van der Waals surface area contributed by atoms with Crippen LogP contribution in [0.2, 0.25) is 0 Å². The molecule has 2 amide bonds. The SMILES string of the molecule is CC[C@@H]1C[C@H](NC(=O)O[C@H](C)c2ccccc2)c2nc(OC)ccc2N1C(=O)OC(C)(C)C. The van der Waals surface area contributed by atoms with Crippen LogP contribution in [0.15, 0.2) is 42.5 Å². The number of nitrogens with one attached hydrogen (secondary N) is 1. The van der Waals surface area contributed by atoms with Crippen molar-refractivity contribution >= 4 is 17.9 Å². The lowest BCUT2D eigenvalue weighted by atomic mass is 9.93. The van der Waals surface area contributed by atoms with E-state index >= 15 is 0 Å². The molecule has 8 nitrogen and oxygen atoms in total. The normalized spacial score (nSPS) is 18.7. The van der Waals surface area contributed by atoms with Crippen LogP contribution in [0, 0.1) is 0 Å². The maximum atomic E-state index is 13.1. The topological polar surface area (TPSA) is 90.0 Å². The highest BCUT2D eigenvalue weighted by molar-refractivity contribution is 5.90. The Morgan fingerprint density at radius 3 is 2.48 bits per heavy atom. The van der Waals surface area contributed by atoms with Crippen molar-refractivity contribution in [1.29, 1.82) is 0 Å². The molecule has 0 radical (unpaired) electrons. The third-order valence-corrected chi connectivity index (χ3v) is 5.45. The molecule has 1 N–H and O–H groups in total. The quantitative estimate of drug-likeness (QED) is 0.636. The summed E-state index contributed by atoms with van der Waals surface area (Å²) in [7, 11) is 1.52. The van der Waals surface area contributed by atoms with Crippen LogP contribution in [0.5, 0.6) is 5.88 Å². The van der Waals surface area contributed by atoms with E-state index in [-0.39, 0.29) is 6.04 Å². The molecule has 33 heavy (non-hydrogen) atoms. The summed E-state index contributed by atoms with van der Waals surface area (Å²) in [4.78, 5) is 32.0. The smallest absolute Gasteiger partial charge is 0.415 e. The number of carbonyl (C=O) groups is 2. The second kappa shape index (κ2) is 10.1. The molecule has 0 fully saturated rings. The Kier molecular flexibility index (Phi) is 7.46. The zero-order chi connectivity index (χ0) is 24.2. The second-order valence-corrected chi connectivity index (χ2v) is 9.06. The van der Waals surface area contributed by atoms with Crippen molar-refractivity contribution < 1.29 is 23.8 Å². The summed E-state index contributed by atoms with van der Waals surface area (Å²) in [5, 5.41) is 2.94. The van der Waals surface area contributed by atoms with E-state index in [9.17, 15) is 9.59 Å². The number of hydrogen-bond donors (Lipinski definition) is 1. The van der Waals surface area contributed by atoms with Gasteiger partial charge in [0.25, 0.3) is 0 Å². The van der Waals surface area contributed by atoms with Gasteiger partial charge in [-0.25, -0.2) is 14.6 Å². The van der Waals surface area contributed by atoms with Gasteiger partial charge in [0.2, 0.25) is 5.88 Å². The fourth-order valence-electron chi connectivity index (χ4n) is 3.87. The van der Waals surface area contributed by atoms with Gasteiger partial charge < -0.3 is 19.5 Å². The van der Waals surface area contributed by atoms with E-state index in [2.05, 4.69) is 10.3 Å². The number of aromatic nitrogens is 1. The molecular formula is C25H33N3O5. The fourth-order valence-corrected chi connectivity index (χ4v) is 3.87. The zero-order valence-corrected chi connectivity index (χ0v) is 20.1. The van der Waals surface area contributed by atoms with Crippen LogP contribution in [0.3, 0.4) is 0 Å². The van der Waals surface area contributed by atoms with Gasteiger partial charge in [0.15, 0.2) is 0 Å². The first-order valence-corrected chi connectivity index (χ1v) is 11.2. The molecule has 1 aromatic heterocycles. The molecular weight excluding hydrogens is 422 g/mol.